The number of likely N-dealkylation sites (tertiary alicyclic amines) is 2. The van der Waals surface area contributed by atoms with Crippen LogP contribution in [0.15, 0.2) is 72.9 Å². The van der Waals surface area contributed by atoms with Crippen molar-refractivity contribution in [3.63, 3.8) is 0 Å². The quantitative estimate of drug-likeness (QED) is 0.105. The highest BCUT2D eigenvalue weighted by Crippen LogP contribution is 2.38. The number of halogens is 1. The zero-order valence-electron chi connectivity index (χ0n) is 30.8. The Morgan fingerprint density at radius 3 is 2.49 bits per heavy atom. The molecule has 4 unspecified atom stereocenters. The summed E-state index contributed by atoms with van der Waals surface area (Å²) < 4.78 is 11.4. The first-order valence-corrected chi connectivity index (χ1v) is 18.8. The van der Waals surface area contributed by atoms with Crippen molar-refractivity contribution >= 4 is 40.2 Å². The summed E-state index contributed by atoms with van der Waals surface area (Å²) in [6, 6.07) is 20.3. The van der Waals surface area contributed by atoms with Crippen LogP contribution in [0.5, 0.6) is 11.5 Å². The molecule has 4 N–H and O–H groups in total. The fraction of sp³-hybridized carbons (Fsp3) is 0.439. The molecule has 6 rings (SSSR count). The molecule has 0 bridgehead atoms. The lowest BCUT2D eigenvalue weighted by Crippen LogP contribution is -2.56. The maximum absolute atomic E-state index is 14.1. The van der Waals surface area contributed by atoms with E-state index in [0.717, 1.165) is 29.3 Å². The number of fused-ring (bicyclic) bond motifs is 2. The summed E-state index contributed by atoms with van der Waals surface area (Å²) >= 11 is 6.18. The maximum Gasteiger partial charge on any atom is 0.254 e. The molecule has 2 fully saturated rings. The van der Waals surface area contributed by atoms with Crippen molar-refractivity contribution in [2.45, 2.75) is 58.4 Å². The molecule has 2 saturated heterocycles. The number of carbonyl (C=O) groups is 3. The molecule has 12 heteroatoms. The Labute approximate surface area is 316 Å². The molecular formula is C41H50ClN5O6. The Kier molecular flexibility index (Phi) is 12.3. The highest BCUT2D eigenvalue weighted by Gasteiger charge is 2.48. The number of hydrogen-bond donors (Lipinski definition) is 4. The Morgan fingerprint density at radius 2 is 1.74 bits per heavy atom. The van der Waals surface area contributed by atoms with Gasteiger partial charge in [-0.15, -0.1) is 0 Å². The van der Waals surface area contributed by atoms with Gasteiger partial charge in [-0.25, -0.2) is 0 Å². The lowest BCUT2D eigenvalue weighted by Gasteiger charge is -2.40. The van der Waals surface area contributed by atoms with E-state index in [4.69, 9.17) is 21.1 Å². The van der Waals surface area contributed by atoms with Crippen molar-refractivity contribution in [3.8, 4) is 11.5 Å². The topological polar surface area (TPSA) is 136 Å². The number of H-pyrrole nitrogens is 1. The number of methoxy groups -OCH3 is 1. The molecule has 53 heavy (non-hydrogen) atoms. The largest absolute Gasteiger partial charge is 0.493 e. The van der Waals surface area contributed by atoms with Gasteiger partial charge in [0.05, 0.1) is 31.6 Å². The van der Waals surface area contributed by atoms with Crippen LogP contribution in [0.25, 0.3) is 10.9 Å². The number of nitrogens with zero attached hydrogens (tertiary/aromatic N) is 2. The van der Waals surface area contributed by atoms with Gasteiger partial charge in [-0.05, 0) is 93.5 Å². The summed E-state index contributed by atoms with van der Waals surface area (Å²) in [5.74, 6) is -0.365. The second-order valence-corrected chi connectivity index (χ2v) is 15.0. The zero-order chi connectivity index (χ0) is 37.6. The minimum Gasteiger partial charge on any atom is -0.493 e. The number of aromatic amines is 1. The smallest absolute Gasteiger partial charge is 0.254 e. The van der Waals surface area contributed by atoms with Crippen LogP contribution < -0.4 is 20.1 Å². The van der Waals surface area contributed by atoms with Gasteiger partial charge in [-0.3, -0.25) is 19.7 Å². The van der Waals surface area contributed by atoms with Crippen molar-refractivity contribution in [2.75, 3.05) is 39.8 Å². The number of piperidine rings is 1. The molecule has 4 aromatic rings. The van der Waals surface area contributed by atoms with Crippen molar-refractivity contribution in [3.05, 3.63) is 94.6 Å². The number of hydrogen-bond acceptors (Lipinski definition) is 7. The molecule has 0 aliphatic carbocycles. The second kappa shape index (κ2) is 17.0. The first-order chi connectivity index (χ1) is 25.5. The minimum atomic E-state index is -0.957. The van der Waals surface area contributed by atoms with Gasteiger partial charge >= 0.3 is 0 Å². The molecule has 3 heterocycles. The number of nitrogens with one attached hydrogen (secondary N) is 3. The highest BCUT2D eigenvalue weighted by molar-refractivity contribution is 6.31. The van der Waals surface area contributed by atoms with E-state index in [1.165, 1.54) is 5.56 Å². The Morgan fingerprint density at radius 1 is 0.962 bits per heavy atom. The van der Waals surface area contributed by atoms with E-state index in [9.17, 15) is 19.5 Å². The van der Waals surface area contributed by atoms with Crippen LogP contribution in [0.2, 0.25) is 5.02 Å². The normalized spacial score (nSPS) is 19.6. The highest BCUT2D eigenvalue weighted by atomic mass is 35.5. The van der Waals surface area contributed by atoms with E-state index in [1.54, 1.807) is 48.1 Å². The lowest BCUT2D eigenvalue weighted by atomic mass is 9.79. The predicted molar refractivity (Wildman–Crippen MR) is 205 cm³/mol. The Hall–Kier alpha value is -4.58. The first-order valence-electron chi connectivity index (χ1n) is 18.4. The van der Waals surface area contributed by atoms with Crippen molar-refractivity contribution in [1.29, 1.82) is 0 Å². The van der Waals surface area contributed by atoms with E-state index in [2.05, 4.69) is 27.8 Å². The van der Waals surface area contributed by atoms with Crippen molar-refractivity contribution < 1.29 is 29.0 Å². The van der Waals surface area contributed by atoms with Crippen molar-refractivity contribution in [2.24, 2.45) is 17.8 Å². The van der Waals surface area contributed by atoms with Crippen LogP contribution in [-0.2, 0) is 22.4 Å². The molecule has 0 spiro atoms. The van der Waals surface area contributed by atoms with Crippen LogP contribution in [-0.4, -0.2) is 95.8 Å². The number of benzene rings is 3. The first kappa shape index (κ1) is 38.2. The average Bonchev–Trinajstić information content (AvgIpc) is 3.76. The number of aliphatic hydroxyl groups is 1. The second-order valence-electron chi connectivity index (χ2n) is 14.5. The maximum atomic E-state index is 14.1. The SMILES string of the molecule is COc1cc(C(=O)N2CC3CN(C(=O)Cc4c[nH]c5cc(Cl)ccc45)CC(C(=O)N[C@@H](C)C(O)NCCCc4ccccc4)C3C2)ccc1OC(C)C. The number of aliphatic hydroxyl groups excluding tert-OH is 1. The third-order valence-corrected chi connectivity index (χ3v) is 10.6. The summed E-state index contributed by atoms with van der Waals surface area (Å²) in [5, 5.41) is 18.6. The molecule has 3 amide bonds. The summed E-state index contributed by atoms with van der Waals surface area (Å²) in [4.78, 5) is 48.7. The third-order valence-electron chi connectivity index (χ3n) is 10.4. The van der Waals surface area contributed by atoms with Gasteiger partial charge in [0.1, 0.15) is 6.23 Å². The molecule has 2 aliphatic rings. The third kappa shape index (κ3) is 9.15. The molecule has 0 radical (unpaired) electrons. The van der Waals surface area contributed by atoms with Gasteiger partial charge in [0, 0.05) is 53.9 Å². The van der Waals surface area contributed by atoms with E-state index in [-0.39, 0.29) is 48.6 Å². The number of aryl methyl sites for hydroxylation is 1. The minimum absolute atomic E-state index is 0.0605. The number of aromatic nitrogens is 1. The summed E-state index contributed by atoms with van der Waals surface area (Å²) in [6.45, 7) is 7.61. The van der Waals surface area contributed by atoms with Crippen LogP contribution in [0.3, 0.4) is 0 Å². The summed E-state index contributed by atoms with van der Waals surface area (Å²) in [6.07, 6.45) is 2.67. The fourth-order valence-corrected chi connectivity index (χ4v) is 7.78. The van der Waals surface area contributed by atoms with Gasteiger partial charge in [0.15, 0.2) is 11.5 Å². The standard InChI is InChI=1S/C41H50ClN5O6/c1-25(2)53-36-15-12-28(17-37(36)52-4)41(51)47-22-30-21-46(38(48)18-29-20-44-35-19-31(42)13-14-32(29)35)24-34(33(30)23-47)40(50)45-26(3)39(49)43-16-8-11-27-9-6-5-7-10-27/h5-7,9-10,12-15,17,19-20,25-26,30,33-34,39,43-44,49H,8,11,16,18,21-24H2,1-4H3,(H,45,50)/t26-,30?,33?,34?,39?/m0/s1. The Balaban J connectivity index is 1.16. The van der Waals surface area contributed by atoms with E-state index >= 15 is 0 Å². The van der Waals surface area contributed by atoms with Crippen LogP contribution in [0.1, 0.15) is 48.7 Å². The van der Waals surface area contributed by atoms with E-state index < -0.39 is 18.2 Å². The van der Waals surface area contributed by atoms with Crippen LogP contribution in [0.4, 0.5) is 0 Å². The fourth-order valence-electron chi connectivity index (χ4n) is 7.61. The molecule has 11 nitrogen and oxygen atoms in total. The van der Waals surface area contributed by atoms with Crippen LogP contribution >= 0.6 is 11.6 Å². The molecule has 3 aromatic carbocycles. The molecule has 2 aliphatic heterocycles. The molecule has 1 aromatic heterocycles. The monoisotopic (exact) mass is 743 g/mol. The summed E-state index contributed by atoms with van der Waals surface area (Å²) in [7, 11) is 1.54. The van der Waals surface area contributed by atoms with Gasteiger partial charge < -0.3 is 34.7 Å². The molecular weight excluding hydrogens is 694 g/mol. The van der Waals surface area contributed by atoms with E-state index in [1.807, 2.05) is 50.4 Å². The molecule has 5 atom stereocenters. The molecule has 0 saturated carbocycles. The van der Waals surface area contributed by atoms with Gasteiger partial charge in [0.25, 0.3) is 5.91 Å². The van der Waals surface area contributed by atoms with Gasteiger partial charge in [-0.1, -0.05) is 48.0 Å². The predicted octanol–water partition coefficient (Wildman–Crippen LogP) is 5.05. The Bertz CT molecular complexity index is 1900. The molecule has 282 valence electrons. The van der Waals surface area contributed by atoms with Crippen LogP contribution in [0, 0.1) is 17.8 Å². The lowest BCUT2D eigenvalue weighted by molar-refractivity contribution is -0.139. The van der Waals surface area contributed by atoms with Crippen molar-refractivity contribution in [1.82, 2.24) is 25.4 Å². The number of carbonyl (C=O) groups excluding carboxylic acids is 3. The van der Waals surface area contributed by atoms with Gasteiger partial charge in [-0.2, -0.15) is 0 Å². The van der Waals surface area contributed by atoms with E-state index in [0.29, 0.717) is 48.3 Å². The summed E-state index contributed by atoms with van der Waals surface area (Å²) in [5.41, 5.74) is 3.38. The van der Waals surface area contributed by atoms with Gasteiger partial charge in [0.2, 0.25) is 11.8 Å². The average molecular weight is 744 g/mol. The zero-order valence-corrected chi connectivity index (χ0v) is 31.6. The number of ether oxygens (including phenoxy) is 2. The number of amides is 3. The number of rotatable bonds is 14.